The van der Waals surface area contributed by atoms with Crippen LogP contribution in [0.3, 0.4) is 0 Å². The summed E-state index contributed by atoms with van der Waals surface area (Å²) in [7, 11) is 1.58. The number of hydrogen-bond acceptors (Lipinski definition) is 9. The number of ketones is 2. The zero-order valence-corrected chi connectivity index (χ0v) is 30.4. The van der Waals surface area contributed by atoms with Crippen LogP contribution < -0.4 is 0 Å². The van der Waals surface area contributed by atoms with Crippen LogP contribution in [0.5, 0.6) is 0 Å². The first-order chi connectivity index (χ1) is 23.1. The molecule has 2 aliphatic rings. The number of aryl methyl sites for hydroxylation is 1. The van der Waals surface area contributed by atoms with E-state index in [4.69, 9.17) is 14.2 Å². The molecular weight excluding hydrogens is 631 g/mol. The maximum Gasteiger partial charge on any atom is 0.410 e. The number of unbranched alkanes of at least 4 members (excludes halogenated alkanes) is 1. The van der Waals surface area contributed by atoms with Gasteiger partial charge in [0.1, 0.15) is 23.6 Å². The molecule has 12 heteroatoms. The number of esters is 1. The van der Waals surface area contributed by atoms with Gasteiger partial charge in [0.05, 0.1) is 23.7 Å². The first-order valence-electron chi connectivity index (χ1n) is 17.6. The quantitative estimate of drug-likeness (QED) is 0.130. The van der Waals surface area contributed by atoms with Crippen LogP contribution in [-0.4, -0.2) is 80.1 Å². The van der Waals surface area contributed by atoms with E-state index in [1.54, 1.807) is 38.3 Å². The highest BCUT2D eigenvalue weighted by atomic mass is 19.1. The van der Waals surface area contributed by atoms with Gasteiger partial charge < -0.3 is 23.7 Å². The summed E-state index contributed by atoms with van der Waals surface area (Å²) in [5.41, 5.74) is -0.741. The number of hydrogen-bond donors (Lipinski definition) is 0. The second-order valence-corrected chi connectivity index (χ2v) is 14.2. The molecule has 0 bridgehead atoms. The molecule has 0 aliphatic carbocycles. The molecular formula is C37H53FN4O7. The van der Waals surface area contributed by atoms with Crippen LogP contribution >= 0.6 is 0 Å². The Hall–Kier alpha value is -3.67. The van der Waals surface area contributed by atoms with Crippen molar-refractivity contribution in [3.05, 3.63) is 36.8 Å². The van der Waals surface area contributed by atoms with Crippen molar-refractivity contribution in [3.8, 4) is 11.3 Å². The van der Waals surface area contributed by atoms with Gasteiger partial charge in [-0.1, -0.05) is 41.5 Å². The Balaban J connectivity index is 1.62. The van der Waals surface area contributed by atoms with Gasteiger partial charge >= 0.3 is 12.1 Å². The minimum atomic E-state index is -1.30. The predicted molar refractivity (Wildman–Crippen MR) is 181 cm³/mol. The van der Waals surface area contributed by atoms with Gasteiger partial charge in [0, 0.05) is 55.9 Å². The second-order valence-electron chi connectivity index (χ2n) is 14.2. The molecule has 0 aromatic carbocycles. The Kier molecular flexibility index (Phi) is 12.0. The minimum absolute atomic E-state index is 0.0478. The van der Waals surface area contributed by atoms with Crippen molar-refractivity contribution in [2.75, 3.05) is 13.7 Å². The van der Waals surface area contributed by atoms with Gasteiger partial charge in [0.2, 0.25) is 5.95 Å². The lowest BCUT2D eigenvalue weighted by atomic mass is 9.70. The zero-order chi connectivity index (χ0) is 36.3. The molecule has 2 aromatic heterocycles. The standard InChI is InChI=1S/C37H53FN4O7/c1-10-29-37(11-2)33(24(5)31(43)22(3)18-36(8,47-9)26(7)23(4)32(44)25(6)34(45)48-29)42(35(46)49-37)17-13-12-16-41-20-28(40-21-41)27-14-15-30(38)39-19-27/h14-15,19-26,29,33H,10-13,16-18H2,1-9H3/t22?,23?,24-,25?,26+,29?,33+,36-,37+/m0/s1. The Morgan fingerprint density at radius 2 is 1.67 bits per heavy atom. The van der Waals surface area contributed by atoms with E-state index in [-0.39, 0.29) is 17.5 Å². The van der Waals surface area contributed by atoms with E-state index in [0.29, 0.717) is 56.5 Å². The Labute approximate surface area is 289 Å². The van der Waals surface area contributed by atoms with Crippen molar-refractivity contribution in [2.24, 2.45) is 29.6 Å². The highest BCUT2D eigenvalue weighted by Crippen LogP contribution is 2.44. The van der Waals surface area contributed by atoms with Crippen molar-refractivity contribution in [3.63, 3.8) is 0 Å². The molecule has 4 rings (SSSR count). The number of fused-ring (bicyclic) bond motifs is 1. The van der Waals surface area contributed by atoms with Gasteiger partial charge in [-0.3, -0.25) is 14.4 Å². The van der Waals surface area contributed by atoms with Crippen LogP contribution in [0, 0.1) is 35.5 Å². The normalized spacial score (nSPS) is 33.2. The Morgan fingerprint density at radius 1 is 0.980 bits per heavy atom. The van der Waals surface area contributed by atoms with Gasteiger partial charge in [-0.15, -0.1) is 0 Å². The third kappa shape index (κ3) is 7.59. The molecule has 2 fully saturated rings. The van der Waals surface area contributed by atoms with Gasteiger partial charge in [0.15, 0.2) is 5.60 Å². The number of aromatic nitrogens is 3. The van der Waals surface area contributed by atoms with Crippen LogP contribution in [0.4, 0.5) is 9.18 Å². The molecule has 270 valence electrons. The van der Waals surface area contributed by atoms with Gasteiger partial charge in [-0.2, -0.15) is 4.39 Å². The SMILES string of the molecule is CCC1OC(=O)C(C)C(=O)C(C)[C@@H](C)[C@@](C)(OC)CC(C)C(=O)[C@H](C)[C@H]2N(CCCCn3cnc(-c4ccc(F)nc4)c3)C(=O)O[C@]12CC. The lowest BCUT2D eigenvalue weighted by Gasteiger charge is -2.44. The summed E-state index contributed by atoms with van der Waals surface area (Å²) >= 11 is 0. The largest absolute Gasteiger partial charge is 0.457 e. The van der Waals surface area contributed by atoms with Crippen molar-refractivity contribution in [1.29, 1.82) is 0 Å². The summed E-state index contributed by atoms with van der Waals surface area (Å²) in [5, 5.41) is 0. The number of rotatable bonds is 9. The number of pyridine rings is 1. The molecule has 0 radical (unpaired) electrons. The van der Waals surface area contributed by atoms with Crippen LogP contribution in [-0.2, 0) is 35.1 Å². The van der Waals surface area contributed by atoms with E-state index in [1.807, 2.05) is 52.3 Å². The van der Waals surface area contributed by atoms with E-state index in [2.05, 4.69) is 9.97 Å². The number of halogens is 1. The molecule has 2 saturated heterocycles. The zero-order valence-electron chi connectivity index (χ0n) is 30.4. The number of carbonyl (C=O) groups is 4. The van der Waals surface area contributed by atoms with Crippen LogP contribution in [0.25, 0.3) is 11.3 Å². The number of imidazole rings is 1. The van der Waals surface area contributed by atoms with Gasteiger partial charge in [-0.05, 0) is 64.0 Å². The van der Waals surface area contributed by atoms with Gasteiger partial charge in [-0.25, -0.2) is 14.8 Å². The van der Waals surface area contributed by atoms with E-state index in [1.165, 1.54) is 12.3 Å². The average Bonchev–Trinajstić information content (AvgIpc) is 3.68. The van der Waals surface area contributed by atoms with Crippen molar-refractivity contribution < 1.29 is 37.8 Å². The second kappa shape index (κ2) is 15.5. The van der Waals surface area contributed by atoms with Gasteiger partial charge in [0.25, 0.3) is 0 Å². The summed E-state index contributed by atoms with van der Waals surface area (Å²) in [4.78, 5) is 65.0. The molecule has 1 amide bonds. The molecule has 0 spiro atoms. The fourth-order valence-corrected chi connectivity index (χ4v) is 7.91. The number of ether oxygens (including phenoxy) is 3. The lowest BCUT2D eigenvalue weighted by Crippen LogP contribution is -2.59. The average molecular weight is 685 g/mol. The van der Waals surface area contributed by atoms with E-state index in [0.717, 1.165) is 0 Å². The third-order valence-corrected chi connectivity index (χ3v) is 11.3. The molecule has 4 heterocycles. The number of methoxy groups -OCH3 is 1. The first-order valence-corrected chi connectivity index (χ1v) is 17.6. The number of Topliss-reactive ketones (excluding diaryl/α,β-unsaturated/α-hetero) is 2. The monoisotopic (exact) mass is 684 g/mol. The number of carbonyl (C=O) groups excluding carboxylic acids is 4. The number of cyclic esters (lactones) is 1. The third-order valence-electron chi connectivity index (χ3n) is 11.3. The van der Waals surface area contributed by atoms with Crippen LogP contribution in [0.15, 0.2) is 30.9 Å². The molecule has 2 aromatic rings. The Bertz CT molecular complexity index is 1500. The topological polar surface area (TPSA) is 130 Å². The lowest BCUT2D eigenvalue weighted by molar-refractivity contribution is -0.174. The first kappa shape index (κ1) is 38.1. The van der Waals surface area contributed by atoms with E-state index >= 15 is 0 Å². The summed E-state index contributed by atoms with van der Waals surface area (Å²) in [6, 6.07) is 2.21. The number of amides is 1. The fourth-order valence-electron chi connectivity index (χ4n) is 7.91. The van der Waals surface area contributed by atoms with E-state index < -0.39 is 65.0 Å². The molecule has 0 N–H and O–H groups in total. The molecule has 4 unspecified atom stereocenters. The molecule has 11 nitrogen and oxygen atoms in total. The molecule has 9 atom stereocenters. The Morgan fingerprint density at radius 3 is 2.29 bits per heavy atom. The van der Waals surface area contributed by atoms with Crippen molar-refractivity contribution in [1.82, 2.24) is 19.4 Å². The highest BCUT2D eigenvalue weighted by molar-refractivity contribution is 6.00. The highest BCUT2D eigenvalue weighted by Gasteiger charge is 2.61. The summed E-state index contributed by atoms with van der Waals surface area (Å²) in [6.07, 6.45) is 5.87. The van der Waals surface area contributed by atoms with Crippen molar-refractivity contribution >= 4 is 23.6 Å². The summed E-state index contributed by atoms with van der Waals surface area (Å²) in [5.74, 6) is -4.49. The molecule has 0 saturated carbocycles. The van der Waals surface area contributed by atoms with Crippen LogP contribution in [0.2, 0.25) is 0 Å². The van der Waals surface area contributed by atoms with Crippen LogP contribution in [0.1, 0.15) is 87.5 Å². The molecule has 49 heavy (non-hydrogen) atoms. The summed E-state index contributed by atoms with van der Waals surface area (Å²) in [6.45, 7) is 15.6. The number of nitrogens with zero attached hydrogens (tertiary/aromatic N) is 4. The van der Waals surface area contributed by atoms with E-state index in [9.17, 15) is 23.6 Å². The molecule has 2 aliphatic heterocycles. The summed E-state index contributed by atoms with van der Waals surface area (Å²) < 4.78 is 33.5. The maximum atomic E-state index is 14.3. The minimum Gasteiger partial charge on any atom is -0.457 e. The van der Waals surface area contributed by atoms with Crippen molar-refractivity contribution in [2.45, 2.75) is 117 Å². The fraction of sp³-hybridized carbons (Fsp3) is 0.676. The predicted octanol–water partition coefficient (Wildman–Crippen LogP) is 6.28. The smallest absolute Gasteiger partial charge is 0.410 e. The maximum absolute atomic E-state index is 14.3.